The van der Waals surface area contributed by atoms with E-state index in [0.717, 1.165) is 22.4 Å². The molecule has 2 aromatic heterocycles. The van der Waals surface area contributed by atoms with Crippen molar-refractivity contribution >= 4 is 17.5 Å². The Bertz CT molecular complexity index is 1120. The van der Waals surface area contributed by atoms with Gasteiger partial charge in [-0.25, -0.2) is 0 Å². The van der Waals surface area contributed by atoms with Gasteiger partial charge in [-0.2, -0.15) is 13.2 Å². The summed E-state index contributed by atoms with van der Waals surface area (Å²) >= 11 is 1.26. The minimum Gasteiger partial charge on any atom is -0.339 e. The number of thioether (sulfide) groups is 1. The van der Waals surface area contributed by atoms with Crippen LogP contribution >= 0.6 is 11.8 Å². The lowest BCUT2D eigenvalue weighted by Crippen LogP contribution is -2.23. The highest BCUT2D eigenvalue weighted by Crippen LogP contribution is 2.28. The molecule has 3 rings (SSSR count). The number of alkyl halides is 3. The molecule has 1 unspecified atom stereocenters. The van der Waals surface area contributed by atoms with E-state index < -0.39 is 12.7 Å². The van der Waals surface area contributed by atoms with Crippen molar-refractivity contribution in [3.63, 3.8) is 0 Å². The van der Waals surface area contributed by atoms with Crippen molar-refractivity contribution < 1.29 is 18.0 Å². The second-order valence-corrected chi connectivity index (χ2v) is 9.44. The molecule has 0 aliphatic rings. The first kappa shape index (κ1) is 26.0. The molecule has 0 N–H and O–H groups in total. The van der Waals surface area contributed by atoms with Gasteiger partial charge in [-0.15, -0.1) is 10.2 Å². The van der Waals surface area contributed by atoms with Gasteiger partial charge in [0.25, 0.3) is 0 Å². The molecule has 0 radical (unpaired) electrons. The molecule has 34 heavy (non-hydrogen) atoms. The fraction of sp³-hybridized carbons (Fsp3) is 0.458. The van der Waals surface area contributed by atoms with Gasteiger partial charge >= 0.3 is 6.18 Å². The Morgan fingerprint density at radius 2 is 1.79 bits per heavy atom. The van der Waals surface area contributed by atoms with E-state index in [9.17, 15) is 18.0 Å². The number of carbonyl (C=O) groups excluding carboxylic acids is 1. The van der Waals surface area contributed by atoms with E-state index in [1.807, 2.05) is 49.0 Å². The number of hydrogen-bond acceptors (Lipinski definition) is 5. The van der Waals surface area contributed by atoms with Crippen LogP contribution in [0.4, 0.5) is 13.2 Å². The van der Waals surface area contributed by atoms with E-state index in [1.165, 1.54) is 17.8 Å². The SMILES string of the molecule is CCC(c1nnc(SCC(=O)c2cc(C)n(CC(F)(F)F)c2C)n1Cc1ccccc1)N(C)C. The number of aryl methyl sites for hydroxylation is 1. The molecule has 1 aromatic carbocycles. The van der Waals surface area contributed by atoms with Crippen LogP contribution in [0.5, 0.6) is 0 Å². The van der Waals surface area contributed by atoms with Gasteiger partial charge in [0.2, 0.25) is 0 Å². The molecule has 184 valence electrons. The molecule has 0 bridgehead atoms. The van der Waals surface area contributed by atoms with Gasteiger partial charge in [-0.3, -0.25) is 9.69 Å². The summed E-state index contributed by atoms with van der Waals surface area (Å²) in [6.45, 7) is 4.67. The summed E-state index contributed by atoms with van der Waals surface area (Å²) in [6, 6.07) is 11.5. The molecule has 0 fully saturated rings. The molecule has 0 spiro atoms. The summed E-state index contributed by atoms with van der Waals surface area (Å²) in [7, 11) is 3.98. The van der Waals surface area contributed by atoms with Crippen LogP contribution in [0, 0.1) is 13.8 Å². The van der Waals surface area contributed by atoms with Gasteiger partial charge in [0.1, 0.15) is 6.54 Å². The van der Waals surface area contributed by atoms with Gasteiger partial charge in [-0.05, 0) is 46.0 Å². The maximum atomic E-state index is 13.0. The zero-order valence-corrected chi connectivity index (χ0v) is 20.9. The highest BCUT2D eigenvalue weighted by atomic mass is 32.2. The minimum absolute atomic E-state index is 0.0575. The van der Waals surface area contributed by atoms with Gasteiger partial charge in [0, 0.05) is 17.0 Å². The number of Topliss-reactive ketones (excluding diaryl/α,β-unsaturated/α-hetero) is 1. The zero-order chi connectivity index (χ0) is 25.0. The predicted molar refractivity (Wildman–Crippen MR) is 127 cm³/mol. The van der Waals surface area contributed by atoms with E-state index in [0.29, 0.717) is 28.7 Å². The van der Waals surface area contributed by atoms with Crippen molar-refractivity contribution in [2.24, 2.45) is 0 Å². The third-order valence-corrected chi connectivity index (χ3v) is 6.75. The fourth-order valence-electron chi connectivity index (χ4n) is 4.06. The van der Waals surface area contributed by atoms with Crippen LogP contribution in [0.2, 0.25) is 0 Å². The topological polar surface area (TPSA) is 56.0 Å². The van der Waals surface area contributed by atoms with Crippen molar-refractivity contribution in [1.82, 2.24) is 24.2 Å². The van der Waals surface area contributed by atoms with Crippen LogP contribution in [-0.4, -0.2) is 56.0 Å². The molecule has 0 amide bonds. The third-order valence-electron chi connectivity index (χ3n) is 5.78. The van der Waals surface area contributed by atoms with Gasteiger partial charge in [0.05, 0.1) is 18.3 Å². The average molecular weight is 494 g/mol. The number of carbonyl (C=O) groups is 1. The van der Waals surface area contributed by atoms with E-state index >= 15 is 0 Å². The largest absolute Gasteiger partial charge is 0.406 e. The van der Waals surface area contributed by atoms with Gasteiger partial charge in [0.15, 0.2) is 16.8 Å². The van der Waals surface area contributed by atoms with Crippen LogP contribution in [0.25, 0.3) is 0 Å². The first-order valence-corrected chi connectivity index (χ1v) is 12.0. The van der Waals surface area contributed by atoms with Crippen molar-refractivity contribution in [1.29, 1.82) is 0 Å². The van der Waals surface area contributed by atoms with Crippen molar-refractivity contribution in [2.45, 2.75) is 57.7 Å². The van der Waals surface area contributed by atoms with Crippen LogP contribution in [-0.2, 0) is 13.1 Å². The predicted octanol–water partition coefficient (Wildman–Crippen LogP) is 5.29. The standard InChI is InChI=1S/C24H30F3N5OS/c1-6-20(30(4)5)22-28-29-23(31(22)13-18-10-8-7-9-11-18)34-14-21(33)19-12-16(2)32(17(19)3)15-24(25,26)27/h7-12,20H,6,13-15H2,1-5H3. The molecule has 1 atom stereocenters. The van der Waals surface area contributed by atoms with Gasteiger partial charge < -0.3 is 9.13 Å². The third kappa shape index (κ3) is 6.09. The first-order valence-electron chi connectivity index (χ1n) is 11.0. The molecule has 6 nitrogen and oxygen atoms in total. The summed E-state index contributed by atoms with van der Waals surface area (Å²) in [5, 5.41) is 9.42. The Morgan fingerprint density at radius 1 is 1.12 bits per heavy atom. The Morgan fingerprint density at radius 3 is 2.38 bits per heavy atom. The van der Waals surface area contributed by atoms with Crippen LogP contribution < -0.4 is 0 Å². The number of hydrogen-bond donors (Lipinski definition) is 0. The van der Waals surface area contributed by atoms with Crippen LogP contribution in [0.3, 0.4) is 0 Å². The molecule has 0 aliphatic heterocycles. The lowest BCUT2D eigenvalue weighted by Gasteiger charge is -2.23. The molecule has 0 aliphatic carbocycles. The molecular formula is C24H30F3N5OS. The van der Waals surface area contributed by atoms with Gasteiger partial charge in [-0.1, -0.05) is 49.0 Å². The van der Waals surface area contributed by atoms with Crippen molar-refractivity contribution in [2.75, 3.05) is 19.8 Å². The molecular weight excluding hydrogens is 463 g/mol. The number of nitrogens with zero attached hydrogens (tertiary/aromatic N) is 5. The summed E-state index contributed by atoms with van der Waals surface area (Å²) < 4.78 is 41.9. The van der Waals surface area contributed by atoms with E-state index in [-0.39, 0.29) is 17.6 Å². The normalized spacial score (nSPS) is 13.0. The monoisotopic (exact) mass is 493 g/mol. The zero-order valence-electron chi connectivity index (χ0n) is 20.1. The van der Waals surface area contributed by atoms with Crippen molar-refractivity contribution in [3.8, 4) is 0 Å². The summed E-state index contributed by atoms with van der Waals surface area (Å²) in [6.07, 6.45) is -3.51. The molecule has 2 heterocycles. The molecule has 0 saturated carbocycles. The average Bonchev–Trinajstić information content (AvgIpc) is 3.28. The van der Waals surface area contributed by atoms with Crippen molar-refractivity contribution in [3.05, 3.63) is 64.7 Å². The Kier molecular flexibility index (Phi) is 8.25. The number of ketones is 1. The summed E-state index contributed by atoms with van der Waals surface area (Å²) in [4.78, 5) is 15.0. The number of rotatable bonds is 10. The fourth-order valence-corrected chi connectivity index (χ4v) is 4.89. The highest BCUT2D eigenvalue weighted by molar-refractivity contribution is 7.99. The lowest BCUT2D eigenvalue weighted by atomic mass is 10.2. The van der Waals surface area contributed by atoms with E-state index in [1.54, 1.807) is 13.8 Å². The lowest BCUT2D eigenvalue weighted by molar-refractivity contribution is -0.141. The van der Waals surface area contributed by atoms with Crippen LogP contribution in [0.15, 0.2) is 41.6 Å². The molecule has 10 heteroatoms. The summed E-state index contributed by atoms with van der Waals surface area (Å²) in [5.41, 5.74) is 2.13. The molecule has 0 saturated heterocycles. The Balaban J connectivity index is 1.85. The van der Waals surface area contributed by atoms with E-state index in [4.69, 9.17) is 0 Å². The Hall–Kier alpha value is -2.59. The quantitative estimate of drug-likeness (QED) is 0.284. The first-order chi connectivity index (χ1) is 16.0. The Labute approximate surface area is 202 Å². The summed E-state index contributed by atoms with van der Waals surface area (Å²) in [5.74, 6) is 0.638. The number of halogens is 3. The second-order valence-electron chi connectivity index (χ2n) is 8.50. The second kappa shape index (κ2) is 10.8. The highest BCUT2D eigenvalue weighted by Gasteiger charge is 2.30. The maximum absolute atomic E-state index is 13.0. The number of aromatic nitrogens is 4. The number of benzene rings is 1. The smallest absolute Gasteiger partial charge is 0.339 e. The minimum atomic E-state index is -4.35. The maximum Gasteiger partial charge on any atom is 0.406 e. The molecule has 3 aromatic rings. The van der Waals surface area contributed by atoms with Crippen LogP contribution in [0.1, 0.15) is 52.5 Å². The van der Waals surface area contributed by atoms with E-state index in [2.05, 4.69) is 22.0 Å².